The highest BCUT2D eigenvalue weighted by atomic mass is 16.6. The van der Waals surface area contributed by atoms with E-state index in [2.05, 4.69) is 46.6 Å². The zero-order chi connectivity index (χ0) is 31.3. The number of carboxylic acid groups (broad SMARTS) is 1. The fourth-order valence-corrected chi connectivity index (χ4v) is 11.2. The van der Waals surface area contributed by atoms with Crippen molar-refractivity contribution in [1.29, 1.82) is 0 Å². The molecule has 7 aliphatic rings. The largest absolute Gasteiger partial charge is 0.493 e. The van der Waals surface area contributed by atoms with Gasteiger partial charge in [-0.05, 0) is 80.2 Å². The first-order valence-corrected chi connectivity index (χ1v) is 17.2. The molecular weight excluding hydrogens is 576 g/mol. The van der Waals surface area contributed by atoms with Crippen molar-refractivity contribution < 1.29 is 24.1 Å². The van der Waals surface area contributed by atoms with Gasteiger partial charge in [-0.2, -0.15) is 0 Å². The number of benzene rings is 3. The Morgan fingerprint density at radius 2 is 1.74 bits per heavy atom. The second-order valence-electron chi connectivity index (χ2n) is 14.9. The van der Waals surface area contributed by atoms with E-state index >= 15 is 0 Å². The van der Waals surface area contributed by atoms with E-state index in [0.717, 1.165) is 67.2 Å². The SMILES string of the molecule is COc1ccc2c3c1OC1C4(OC)CCC5(C[C@@H]4C(NC(C(=O)O)c4ccccc4)c4ccccc4)[C@@H](C2)N(CC2CC2)CCC315. The lowest BCUT2D eigenvalue weighted by Crippen LogP contribution is -2.81. The van der Waals surface area contributed by atoms with Gasteiger partial charge in [-0.15, -0.1) is 0 Å². The number of aliphatic carboxylic acids is 1. The topological polar surface area (TPSA) is 80.3 Å². The lowest BCUT2D eigenvalue weighted by Gasteiger charge is -2.74. The number of nitrogens with zero attached hydrogens (tertiary/aromatic N) is 1. The fraction of sp³-hybridized carbons (Fsp3) is 0.513. The van der Waals surface area contributed by atoms with Gasteiger partial charge in [0.2, 0.25) is 0 Å². The molecule has 2 aliphatic heterocycles. The first-order valence-electron chi connectivity index (χ1n) is 17.2. The summed E-state index contributed by atoms with van der Waals surface area (Å²) in [7, 11) is 3.61. The molecule has 8 atom stereocenters. The van der Waals surface area contributed by atoms with E-state index in [1.165, 1.54) is 30.5 Å². The summed E-state index contributed by atoms with van der Waals surface area (Å²) in [6, 6.07) is 23.7. The maximum atomic E-state index is 13.0. The van der Waals surface area contributed by atoms with Crippen molar-refractivity contribution in [3.05, 3.63) is 95.1 Å². The predicted octanol–water partition coefficient (Wildman–Crippen LogP) is 6.08. The van der Waals surface area contributed by atoms with Crippen molar-refractivity contribution in [1.82, 2.24) is 10.2 Å². The summed E-state index contributed by atoms with van der Waals surface area (Å²) >= 11 is 0. The van der Waals surface area contributed by atoms with Crippen LogP contribution in [0.3, 0.4) is 0 Å². The molecule has 7 heteroatoms. The molecule has 2 spiro atoms. The molecule has 240 valence electrons. The third-order valence-corrected chi connectivity index (χ3v) is 13.2. The number of likely N-dealkylation sites (tertiary alicyclic amines) is 1. The minimum Gasteiger partial charge on any atom is -0.493 e. The summed E-state index contributed by atoms with van der Waals surface area (Å²) in [6.45, 7) is 2.26. The average molecular weight is 621 g/mol. The maximum Gasteiger partial charge on any atom is 0.325 e. The van der Waals surface area contributed by atoms with Crippen LogP contribution >= 0.6 is 0 Å². The van der Waals surface area contributed by atoms with Gasteiger partial charge in [0.25, 0.3) is 0 Å². The summed E-state index contributed by atoms with van der Waals surface area (Å²) in [6.07, 6.45) is 7.51. The Hall–Kier alpha value is -3.39. The summed E-state index contributed by atoms with van der Waals surface area (Å²) < 4.78 is 20.1. The molecule has 46 heavy (non-hydrogen) atoms. The van der Waals surface area contributed by atoms with Crippen molar-refractivity contribution >= 4 is 5.97 Å². The molecule has 5 aliphatic carbocycles. The zero-order valence-electron chi connectivity index (χ0n) is 26.8. The van der Waals surface area contributed by atoms with Crippen LogP contribution in [0.1, 0.15) is 72.9 Å². The van der Waals surface area contributed by atoms with Crippen molar-refractivity contribution in [2.75, 3.05) is 27.3 Å². The van der Waals surface area contributed by atoms with Crippen LogP contribution in [0.5, 0.6) is 11.5 Å². The normalized spacial score (nSPS) is 34.8. The van der Waals surface area contributed by atoms with Crippen LogP contribution in [0.2, 0.25) is 0 Å². The zero-order valence-corrected chi connectivity index (χ0v) is 26.8. The highest BCUT2D eigenvalue weighted by Crippen LogP contribution is 2.77. The number of carbonyl (C=O) groups is 1. The number of nitrogens with one attached hydrogen (secondary N) is 1. The van der Waals surface area contributed by atoms with Crippen molar-refractivity contribution in [2.24, 2.45) is 17.3 Å². The van der Waals surface area contributed by atoms with Crippen molar-refractivity contribution in [2.45, 2.75) is 80.2 Å². The summed E-state index contributed by atoms with van der Waals surface area (Å²) in [5.41, 5.74) is 3.86. The average Bonchev–Trinajstić information content (AvgIpc) is 3.83. The van der Waals surface area contributed by atoms with Gasteiger partial charge in [-0.1, -0.05) is 66.7 Å². The number of fused-ring (bicyclic) bond motifs is 2. The van der Waals surface area contributed by atoms with Crippen LogP contribution in [-0.2, 0) is 21.4 Å². The maximum absolute atomic E-state index is 13.0. The van der Waals surface area contributed by atoms with E-state index in [1.54, 1.807) is 7.11 Å². The third-order valence-electron chi connectivity index (χ3n) is 13.2. The van der Waals surface area contributed by atoms with E-state index in [1.807, 2.05) is 43.5 Å². The Kier molecular flexibility index (Phi) is 6.45. The molecule has 6 unspecified atom stereocenters. The highest BCUT2D eigenvalue weighted by molar-refractivity contribution is 5.75. The molecule has 4 saturated carbocycles. The molecule has 3 aromatic rings. The first kappa shape index (κ1) is 28.8. The second-order valence-corrected chi connectivity index (χ2v) is 14.9. The summed E-state index contributed by atoms with van der Waals surface area (Å²) in [5, 5.41) is 14.3. The fourth-order valence-electron chi connectivity index (χ4n) is 11.2. The lowest BCUT2D eigenvalue weighted by molar-refractivity contribution is -0.282. The first-order chi connectivity index (χ1) is 22.5. The van der Waals surface area contributed by atoms with Gasteiger partial charge in [0, 0.05) is 48.0 Å². The number of carboxylic acids is 1. The number of hydrogen-bond acceptors (Lipinski definition) is 6. The highest BCUT2D eigenvalue weighted by Gasteiger charge is 2.81. The number of hydrogen-bond donors (Lipinski definition) is 2. The van der Waals surface area contributed by atoms with E-state index in [4.69, 9.17) is 14.2 Å². The Morgan fingerprint density at radius 1 is 1.00 bits per heavy atom. The quantitative estimate of drug-likeness (QED) is 0.285. The van der Waals surface area contributed by atoms with Crippen LogP contribution in [0, 0.1) is 17.3 Å². The van der Waals surface area contributed by atoms with Gasteiger partial charge < -0.3 is 19.3 Å². The Bertz CT molecular complexity index is 1660. The minimum atomic E-state index is -0.877. The molecule has 1 saturated heterocycles. The monoisotopic (exact) mass is 620 g/mol. The van der Waals surface area contributed by atoms with E-state index in [0.29, 0.717) is 6.04 Å². The molecule has 10 rings (SSSR count). The summed E-state index contributed by atoms with van der Waals surface area (Å²) in [5.74, 6) is 1.66. The van der Waals surface area contributed by atoms with E-state index < -0.39 is 17.6 Å². The van der Waals surface area contributed by atoms with Crippen LogP contribution in [0.4, 0.5) is 0 Å². The number of rotatable bonds is 10. The van der Waals surface area contributed by atoms with Gasteiger partial charge in [0.1, 0.15) is 17.7 Å². The molecule has 2 N–H and O–H groups in total. The van der Waals surface area contributed by atoms with E-state index in [-0.39, 0.29) is 28.9 Å². The minimum absolute atomic E-state index is 0.0115. The van der Waals surface area contributed by atoms with Gasteiger partial charge in [0.15, 0.2) is 11.5 Å². The van der Waals surface area contributed by atoms with Crippen molar-refractivity contribution in [3.63, 3.8) is 0 Å². The summed E-state index contributed by atoms with van der Waals surface area (Å²) in [4.78, 5) is 15.8. The van der Waals surface area contributed by atoms with Gasteiger partial charge >= 0.3 is 5.97 Å². The molecule has 0 amide bonds. The smallest absolute Gasteiger partial charge is 0.325 e. The van der Waals surface area contributed by atoms with Gasteiger partial charge in [-0.25, -0.2) is 0 Å². The van der Waals surface area contributed by atoms with Crippen LogP contribution < -0.4 is 14.8 Å². The van der Waals surface area contributed by atoms with Gasteiger partial charge in [-0.3, -0.25) is 15.0 Å². The molecule has 7 nitrogen and oxygen atoms in total. The molecule has 4 bridgehead atoms. The van der Waals surface area contributed by atoms with E-state index in [9.17, 15) is 9.90 Å². The van der Waals surface area contributed by atoms with Crippen LogP contribution in [-0.4, -0.2) is 61.0 Å². The predicted molar refractivity (Wildman–Crippen MR) is 174 cm³/mol. The Labute approximate surface area is 271 Å². The molecule has 5 fully saturated rings. The second kappa shape index (κ2) is 10.3. The Morgan fingerprint density at radius 3 is 2.41 bits per heavy atom. The van der Waals surface area contributed by atoms with Crippen LogP contribution in [0.25, 0.3) is 0 Å². The molecular formula is C39H44N2O5. The van der Waals surface area contributed by atoms with Crippen molar-refractivity contribution in [3.8, 4) is 11.5 Å². The lowest BCUT2D eigenvalue weighted by atomic mass is 9.34. The third kappa shape index (κ3) is 3.73. The molecule has 0 aromatic heterocycles. The number of piperidine rings is 1. The molecule has 2 heterocycles. The Balaban J connectivity index is 1.23. The molecule has 3 aromatic carbocycles. The number of ether oxygens (including phenoxy) is 3. The van der Waals surface area contributed by atoms with Crippen LogP contribution in [0.15, 0.2) is 72.8 Å². The number of methoxy groups -OCH3 is 2. The molecule has 0 radical (unpaired) electrons. The standard InChI is InChI=1S/C39H44N2O5/c1-44-29-16-15-27-21-30-37-17-18-39(45-2,36-38(37,31(27)34(29)46-36)19-20-41(30)23-24-13-14-24)28(22-37)32(25-9-5-3-6-10-25)40-33(35(42)43)26-11-7-4-8-12-26/h3-12,15-16,24,28,30,32-33,36,40H,13-14,17-23H2,1-2H3,(H,42,43)/t28-,30-,32?,33?,36?,37?,38?,39?/m1/s1. The van der Waals surface area contributed by atoms with Gasteiger partial charge in [0.05, 0.1) is 7.11 Å².